The van der Waals surface area contributed by atoms with Crippen LogP contribution in [0.15, 0.2) is 34.7 Å². The van der Waals surface area contributed by atoms with E-state index in [1.807, 2.05) is 13.0 Å². The van der Waals surface area contributed by atoms with Gasteiger partial charge in [0.05, 0.1) is 6.54 Å². The number of thiophene rings is 1. The molecule has 0 bridgehead atoms. The molecule has 0 saturated heterocycles. The molecule has 0 amide bonds. The molecule has 4 nitrogen and oxygen atoms in total. The minimum atomic E-state index is 0.654. The van der Waals surface area contributed by atoms with E-state index in [-0.39, 0.29) is 0 Å². The van der Waals surface area contributed by atoms with Gasteiger partial charge < -0.3 is 4.52 Å². The molecule has 2 aromatic rings. The Bertz CT molecular complexity index is 464. The molecule has 0 aliphatic carbocycles. The van der Waals surface area contributed by atoms with E-state index in [1.54, 1.807) is 11.3 Å². The van der Waals surface area contributed by atoms with Crippen LogP contribution in [0.4, 0.5) is 0 Å². The summed E-state index contributed by atoms with van der Waals surface area (Å²) in [7, 11) is 0. The van der Waals surface area contributed by atoms with Crippen molar-refractivity contribution in [1.29, 1.82) is 0 Å². The molecule has 0 radical (unpaired) electrons. The lowest BCUT2D eigenvalue weighted by Crippen LogP contribution is -2.22. The predicted octanol–water partition coefficient (Wildman–Crippen LogP) is 2.63. The fourth-order valence-corrected chi connectivity index (χ4v) is 2.33. The van der Waals surface area contributed by atoms with Crippen molar-refractivity contribution in [3.8, 4) is 0 Å². The summed E-state index contributed by atoms with van der Waals surface area (Å²) in [6.45, 7) is 7.94. The lowest BCUT2D eigenvalue weighted by atomic mass is 10.4. The van der Waals surface area contributed by atoms with Gasteiger partial charge in [-0.25, -0.2) is 0 Å². The van der Waals surface area contributed by atoms with Crippen LogP contribution >= 0.6 is 11.3 Å². The molecule has 2 rings (SSSR count). The first-order valence-corrected chi connectivity index (χ1v) is 6.30. The normalized spacial score (nSPS) is 10.9. The molecule has 0 spiro atoms. The predicted molar refractivity (Wildman–Crippen MR) is 67.7 cm³/mol. The van der Waals surface area contributed by atoms with Crippen LogP contribution in [0.2, 0.25) is 0 Å². The third-order valence-electron chi connectivity index (χ3n) is 2.28. The summed E-state index contributed by atoms with van der Waals surface area (Å²) in [4.78, 5) is 7.75. The number of aromatic nitrogens is 2. The van der Waals surface area contributed by atoms with Crippen molar-refractivity contribution >= 4 is 11.3 Å². The lowest BCUT2D eigenvalue weighted by molar-refractivity contribution is 0.240. The molecule has 0 unspecified atom stereocenters. The van der Waals surface area contributed by atoms with Gasteiger partial charge in [0.2, 0.25) is 5.89 Å². The number of nitrogens with zero attached hydrogens (tertiary/aromatic N) is 3. The first kappa shape index (κ1) is 12.0. The van der Waals surface area contributed by atoms with Crippen LogP contribution in [0.1, 0.15) is 16.6 Å². The van der Waals surface area contributed by atoms with E-state index in [1.165, 1.54) is 4.88 Å². The summed E-state index contributed by atoms with van der Waals surface area (Å²) in [5.41, 5.74) is 0. The van der Waals surface area contributed by atoms with E-state index >= 15 is 0 Å². The van der Waals surface area contributed by atoms with Crippen molar-refractivity contribution in [1.82, 2.24) is 15.0 Å². The maximum atomic E-state index is 5.13. The van der Waals surface area contributed by atoms with E-state index < -0.39 is 0 Å². The minimum Gasteiger partial charge on any atom is -0.338 e. The summed E-state index contributed by atoms with van der Waals surface area (Å²) in [5.74, 6) is 1.33. The van der Waals surface area contributed by atoms with Crippen molar-refractivity contribution in [2.75, 3.05) is 6.54 Å². The summed E-state index contributed by atoms with van der Waals surface area (Å²) >= 11 is 1.75. The van der Waals surface area contributed by atoms with Gasteiger partial charge in [-0.2, -0.15) is 4.98 Å². The van der Waals surface area contributed by atoms with Gasteiger partial charge in [-0.3, -0.25) is 4.90 Å². The number of aryl methyl sites for hydroxylation is 1. The van der Waals surface area contributed by atoms with Crippen LogP contribution in [-0.4, -0.2) is 21.6 Å². The molecule has 0 fully saturated rings. The molecule has 0 aromatic carbocycles. The number of rotatable bonds is 6. The second-order valence-corrected chi connectivity index (χ2v) is 4.81. The van der Waals surface area contributed by atoms with E-state index in [9.17, 15) is 0 Å². The van der Waals surface area contributed by atoms with Crippen molar-refractivity contribution in [2.45, 2.75) is 20.0 Å². The Kier molecular flexibility index (Phi) is 4.06. The molecule has 17 heavy (non-hydrogen) atoms. The summed E-state index contributed by atoms with van der Waals surface area (Å²) in [5, 5.41) is 5.87. The Hall–Kier alpha value is -1.46. The van der Waals surface area contributed by atoms with Gasteiger partial charge in [0.1, 0.15) is 0 Å². The van der Waals surface area contributed by atoms with Gasteiger partial charge in [-0.1, -0.05) is 17.3 Å². The van der Waals surface area contributed by atoms with Crippen LogP contribution < -0.4 is 0 Å². The van der Waals surface area contributed by atoms with Gasteiger partial charge in [0.15, 0.2) is 5.82 Å². The molecule has 0 saturated carbocycles. The second-order valence-electron chi connectivity index (χ2n) is 3.77. The van der Waals surface area contributed by atoms with Crippen LogP contribution in [0, 0.1) is 6.92 Å². The average molecular weight is 249 g/mol. The zero-order valence-electron chi connectivity index (χ0n) is 9.80. The van der Waals surface area contributed by atoms with Crippen LogP contribution in [0.3, 0.4) is 0 Å². The van der Waals surface area contributed by atoms with Crippen LogP contribution in [-0.2, 0) is 13.1 Å². The first-order valence-electron chi connectivity index (χ1n) is 5.42. The first-order chi connectivity index (χ1) is 8.28. The molecular formula is C12H15N3OS. The molecule has 2 aromatic heterocycles. The number of hydrogen-bond donors (Lipinski definition) is 0. The highest BCUT2D eigenvalue weighted by atomic mass is 32.1. The standard InChI is InChI=1S/C12H15N3OS/c1-3-6-15(8-11-5-4-7-17-11)9-12-13-10(2)14-16-12/h3-5,7H,1,6,8-9H2,2H3. The highest BCUT2D eigenvalue weighted by Gasteiger charge is 2.10. The average Bonchev–Trinajstić information content (AvgIpc) is 2.91. The molecule has 2 heterocycles. The molecular weight excluding hydrogens is 234 g/mol. The van der Waals surface area contributed by atoms with Gasteiger partial charge in [0, 0.05) is 18.0 Å². The Morgan fingerprint density at radius 2 is 2.41 bits per heavy atom. The maximum absolute atomic E-state index is 5.13. The Morgan fingerprint density at radius 1 is 1.53 bits per heavy atom. The zero-order valence-corrected chi connectivity index (χ0v) is 10.6. The highest BCUT2D eigenvalue weighted by molar-refractivity contribution is 7.09. The molecule has 5 heteroatoms. The van der Waals surface area contributed by atoms with Gasteiger partial charge in [-0.15, -0.1) is 17.9 Å². The SMILES string of the molecule is C=CCN(Cc1nc(C)no1)Cc1cccs1. The van der Waals surface area contributed by atoms with Crippen molar-refractivity contribution in [3.05, 3.63) is 46.8 Å². The fraction of sp³-hybridized carbons (Fsp3) is 0.333. The minimum absolute atomic E-state index is 0.654. The molecule has 90 valence electrons. The summed E-state index contributed by atoms with van der Waals surface area (Å²) in [6.07, 6.45) is 1.89. The molecule has 0 N–H and O–H groups in total. The Labute approximate surface area is 105 Å². The quantitative estimate of drug-likeness (QED) is 0.738. The zero-order chi connectivity index (χ0) is 12.1. The second kappa shape index (κ2) is 5.75. The van der Waals surface area contributed by atoms with Crippen LogP contribution in [0.25, 0.3) is 0 Å². The number of hydrogen-bond acceptors (Lipinski definition) is 5. The Balaban J connectivity index is 1.99. The third-order valence-corrected chi connectivity index (χ3v) is 3.14. The summed E-state index contributed by atoms with van der Waals surface area (Å²) < 4.78 is 5.13. The maximum Gasteiger partial charge on any atom is 0.240 e. The lowest BCUT2D eigenvalue weighted by Gasteiger charge is -2.17. The largest absolute Gasteiger partial charge is 0.338 e. The molecule has 0 aliphatic rings. The molecule has 0 atom stereocenters. The highest BCUT2D eigenvalue weighted by Crippen LogP contribution is 2.13. The third kappa shape index (κ3) is 3.51. The van der Waals surface area contributed by atoms with E-state index in [2.05, 4.69) is 39.1 Å². The van der Waals surface area contributed by atoms with Crippen molar-refractivity contribution in [3.63, 3.8) is 0 Å². The summed E-state index contributed by atoms with van der Waals surface area (Å²) in [6, 6.07) is 4.18. The topological polar surface area (TPSA) is 42.2 Å². The van der Waals surface area contributed by atoms with E-state index in [0.717, 1.165) is 13.1 Å². The van der Waals surface area contributed by atoms with Gasteiger partial charge >= 0.3 is 0 Å². The molecule has 0 aliphatic heterocycles. The van der Waals surface area contributed by atoms with Gasteiger partial charge in [-0.05, 0) is 18.4 Å². The van der Waals surface area contributed by atoms with Crippen molar-refractivity contribution in [2.24, 2.45) is 0 Å². The smallest absolute Gasteiger partial charge is 0.240 e. The van der Waals surface area contributed by atoms with Crippen LogP contribution in [0.5, 0.6) is 0 Å². The Morgan fingerprint density at radius 3 is 3.00 bits per heavy atom. The van der Waals surface area contributed by atoms with E-state index in [4.69, 9.17) is 4.52 Å². The van der Waals surface area contributed by atoms with Gasteiger partial charge in [0.25, 0.3) is 0 Å². The van der Waals surface area contributed by atoms with E-state index in [0.29, 0.717) is 18.3 Å². The fourth-order valence-electron chi connectivity index (χ4n) is 1.59. The van der Waals surface area contributed by atoms with Crippen molar-refractivity contribution < 1.29 is 4.52 Å². The monoisotopic (exact) mass is 249 g/mol.